The van der Waals surface area contributed by atoms with Crippen LogP contribution in [0, 0.1) is 0 Å². The Hall–Kier alpha value is -1.88. The van der Waals surface area contributed by atoms with Gasteiger partial charge in [0.25, 0.3) is 0 Å². The van der Waals surface area contributed by atoms with Gasteiger partial charge in [-0.2, -0.15) is 0 Å². The van der Waals surface area contributed by atoms with Crippen LogP contribution < -0.4 is 9.47 Å². The van der Waals surface area contributed by atoms with E-state index in [0.29, 0.717) is 18.1 Å². The molecule has 1 aromatic heterocycles. The molecule has 0 saturated carbocycles. The van der Waals surface area contributed by atoms with Gasteiger partial charge in [-0.15, -0.1) is 0 Å². The van der Waals surface area contributed by atoms with E-state index in [0.717, 1.165) is 27.8 Å². The van der Waals surface area contributed by atoms with Crippen molar-refractivity contribution in [2.45, 2.75) is 12.8 Å². The van der Waals surface area contributed by atoms with Crippen LogP contribution in [0.1, 0.15) is 21.5 Å². The lowest BCUT2D eigenvalue weighted by Crippen LogP contribution is -2.07. The standard InChI is InChI=1S/C16H14BrNO3/c1-20-16-13(3-2-5-18-16)14(19)9-11-8-12(17)7-10-4-6-21-15(10)11/h2-3,5,7-8H,4,6,9H2,1H3. The molecule has 1 aliphatic heterocycles. The molecule has 0 amide bonds. The first-order chi connectivity index (χ1) is 10.2. The SMILES string of the molecule is COc1ncccc1C(=O)Cc1cc(Br)cc2c1OCC2. The maximum atomic E-state index is 12.5. The van der Waals surface area contributed by atoms with E-state index in [1.165, 1.54) is 7.11 Å². The molecule has 21 heavy (non-hydrogen) atoms. The van der Waals surface area contributed by atoms with E-state index in [-0.39, 0.29) is 12.2 Å². The van der Waals surface area contributed by atoms with Crippen molar-refractivity contribution in [3.8, 4) is 11.6 Å². The van der Waals surface area contributed by atoms with Crippen LogP contribution in [0.25, 0.3) is 0 Å². The minimum atomic E-state index is -0.0317. The summed E-state index contributed by atoms with van der Waals surface area (Å²) in [5.41, 5.74) is 2.53. The average molecular weight is 348 g/mol. The zero-order valence-electron chi connectivity index (χ0n) is 11.6. The third-order valence-corrected chi connectivity index (χ3v) is 3.90. The highest BCUT2D eigenvalue weighted by molar-refractivity contribution is 9.10. The number of ether oxygens (including phenoxy) is 2. The number of rotatable bonds is 4. The van der Waals surface area contributed by atoms with Gasteiger partial charge < -0.3 is 9.47 Å². The molecule has 108 valence electrons. The van der Waals surface area contributed by atoms with Crippen molar-refractivity contribution in [1.82, 2.24) is 4.98 Å². The van der Waals surface area contributed by atoms with Gasteiger partial charge in [0, 0.05) is 29.1 Å². The van der Waals surface area contributed by atoms with Gasteiger partial charge in [-0.3, -0.25) is 4.79 Å². The van der Waals surface area contributed by atoms with E-state index < -0.39 is 0 Å². The second-order valence-electron chi connectivity index (χ2n) is 4.81. The Kier molecular flexibility index (Phi) is 3.92. The molecule has 2 aromatic rings. The minimum absolute atomic E-state index is 0.0317. The van der Waals surface area contributed by atoms with Crippen molar-refractivity contribution in [3.05, 3.63) is 51.6 Å². The maximum absolute atomic E-state index is 12.5. The van der Waals surface area contributed by atoms with E-state index in [1.54, 1.807) is 18.3 Å². The molecule has 0 unspecified atom stereocenters. The highest BCUT2D eigenvalue weighted by Gasteiger charge is 2.21. The lowest BCUT2D eigenvalue weighted by atomic mass is 10.0. The monoisotopic (exact) mass is 347 g/mol. The molecule has 0 atom stereocenters. The van der Waals surface area contributed by atoms with Gasteiger partial charge in [0.1, 0.15) is 5.75 Å². The summed E-state index contributed by atoms with van der Waals surface area (Å²) in [6.07, 6.45) is 2.76. The van der Waals surface area contributed by atoms with Crippen molar-refractivity contribution >= 4 is 21.7 Å². The number of Topliss-reactive ketones (excluding diaryl/α,β-unsaturated/α-hetero) is 1. The maximum Gasteiger partial charge on any atom is 0.224 e. The molecule has 3 rings (SSSR count). The zero-order chi connectivity index (χ0) is 14.8. The number of nitrogens with zero attached hydrogens (tertiary/aromatic N) is 1. The lowest BCUT2D eigenvalue weighted by Gasteiger charge is -2.10. The third-order valence-electron chi connectivity index (χ3n) is 3.44. The van der Waals surface area contributed by atoms with Crippen LogP contribution in [0.2, 0.25) is 0 Å². The van der Waals surface area contributed by atoms with Gasteiger partial charge in [0.05, 0.1) is 19.3 Å². The fourth-order valence-electron chi connectivity index (χ4n) is 2.51. The van der Waals surface area contributed by atoms with Gasteiger partial charge in [-0.25, -0.2) is 4.98 Å². The molecule has 0 spiro atoms. The number of ketones is 1. The third kappa shape index (κ3) is 2.78. The predicted molar refractivity (Wildman–Crippen MR) is 82.2 cm³/mol. The number of aromatic nitrogens is 1. The lowest BCUT2D eigenvalue weighted by molar-refractivity contribution is 0.0988. The predicted octanol–water partition coefficient (Wildman–Crippen LogP) is 3.21. The quantitative estimate of drug-likeness (QED) is 0.796. The van der Waals surface area contributed by atoms with Crippen LogP contribution in [-0.4, -0.2) is 24.5 Å². The van der Waals surface area contributed by atoms with Gasteiger partial charge in [0.15, 0.2) is 5.78 Å². The Balaban J connectivity index is 1.92. The molecule has 0 N–H and O–H groups in total. The second-order valence-corrected chi connectivity index (χ2v) is 5.73. The molecule has 5 heteroatoms. The number of pyridine rings is 1. The van der Waals surface area contributed by atoms with Crippen molar-refractivity contribution in [3.63, 3.8) is 0 Å². The Bertz CT molecular complexity index is 700. The topological polar surface area (TPSA) is 48.4 Å². The molecule has 0 radical (unpaired) electrons. The van der Waals surface area contributed by atoms with Gasteiger partial charge >= 0.3 is 0 Å². The summed E-state index contributed by atoms with van der Waals surface area (Å²) in [7, 11) is 1.51. The van der Waals surface area contributed by atoms with E-state index >= 15 is 0 Å². The van der Waals surface area contributed by atoms with Crippen LogP contribution in [-0.2, 0) is 12.8 Å². The van der Waals surface area contributed by atoms with E-state index in [9.17, 15) is 4.79 Å². The first-order valence-corrected chi connectivity index (χ1v) is 7.44. The number of fused-ring (bicyclic) bond motifs is 1. The van der Waals surface area contributed by atoms with E-state index in [2.05, 4.69) is 20.9 Å². The van der Waals surface area contributed by atoms with Crippen LogP contribution in [0.3, 0.4) is 0 Å². The van der Waals surface area contributed by atoms with Crippen LogP contribution >= 0.6 is 15.9 Å². The largest absolute Gasteiger partial charge is 0.493 e. The summed E-state index contributed by atoms with van der Waals surface area (Å²) in [6.45, 7) is 0.670. The van der Waals surface area contributed by atoms with E-state index in [4.69, 9.17) is 9.47 Å². The first-order valence-electron chi connectivity index (χ1n) is 6.65. The van der Waals surface area contributed by atoms with Crippen molar-refractivity contribution in [1.29, 1.82) is 0 Å². The molecule has 2 heterocycles. The summed E-state index contributed by atoms with van der Waals surface area (Å²) >= 11 is 3.49. The molecule has 0 bridgehead atoms. The van der Waals surface area contributed by atoms with Gasteiger partial charge in [0.2, 0.25) is 5.88 Å². The summed E-state index contributed by atoms with van der Waals surface area (Å²) in [5.74, 6) is 1.17. The number of hydrogen-bond acceptors (Lipinski definition) is 4. The summed E-state index contributed by atoms with van der Waals surface area (Å²) in [4.78, 5) is 16.6. The Morgan fingerprint density at radius 2 is 2.33 bits per heavy atom. The van der Waals surface area contributed by atoms with Gasteiger partial charge in [-0.05, 0) is 29.8 Å². The molecule has 0 fully saturated rings. The highest BCUT2D eigenvalue weighted by Crippen LogP contribution is 2.34. The Labute approximate surface area is 131 Å². The first kappa shape index (κ1) is 14.1. The number of carbonyl (C=O) groups excluding carboxylic acids is 1. The molecular formula is C16H14BrNO3. The molecule has 1 aromatic carbocycles. The molecule has 0 saturated heterocycles. The number of carbonyl (C=O) groups is 1. The fraction of sp³-hybridized carbons (Fsp3) is 0.250. The van der Waals surface area contributed by atoms with Crippen LogP contribution in [0.4, 0.5) is 0 Å². The van der Waals surface area contributed by atoms with Crippen molar-refractivity contribution in [2.75, 3.05) is 13.7 Å². The molecule has 4 nitrogen and oxygen atoms in total. The van der Waals surface area contributed by atoms with Crippen LogP contribution in [0.5, 0.6) is 11.6 Å². The fourth-order valence-corrected chi connectivity index (χ4v) is 3.06. The average Bonchev–Trinajstić information content (AvgIpc) is 2.95. The van der Waals surface area contributed by atoms with Gasteiger partial charge in [-0.1, -0.05) is 15.9 Å². The molecule has 0 aliphatic carbocycles. The summed E-state index contributed by atoms with van der Waals surface area (Å²) in [5, 5.41) is 0. The molecule has 1 aliphatic rings. The zero-order valence-corrected chi connectivity index (χ0v) is 13.1. The number of hydrogen-bond donors (Lipinski definition) is 0. The normalized spacial score (nSPS) is 12.7. The van der Waals surface area contributed by atoms with Crippen molar-refractivity contribution < 1.29 is 14.3 Å². The van der Waals surface area contributed by atoms with Crippen LogP contribution in [0.15, 0.2) is 34.9 Å². The molecular weight excluding hydrogens is 334 g/mol. The minimum Gasteiger partial charge on any atom is -0.493 e. The summed E-state index contributed by atoms with van der Waals surface area (Å²) in [6, 6.07) is 7.44. The number of halogens is 1. The Morgan fingerprint density at radius 1 is 1.48 bits per heavy atom. The highest BCUT2D eigenvalue weighted by atomic mass is 79.9. The summed E-state index contributed by atoms with van der Waals surface area (Å²) < 4.78 is 11.8. The Morgan fingerprint density at radius 3 is 3.14 bits per heavy atom. The number of benzene rings is 1. The second kappa shape index (κ2) is 5.85. The van der Waals surface area contributed by atoms with E-state index in [1.807, 2.05) is 12.1 Å². The number of methoxy groups -OCH3 is 1. The van der Waals surface area contributed by atoms with Crippen molar-refractivity contribution in [2.24, 2.45) is 0 Å². The smallest absolute Gasteiger partial charge is 0.224 e.